The minimum atomic E-state index is 0.892. The Kier molecular flexibility index (Phi) is 6.04. The van der Waals surface area contributed by atoms with Crippen molar-refractivity contribution in [2.75, 3.05) is 18.0 Å². The summed E-state index contributed by atoms with van der Waals surface area (Å²) in [4.78, 5) is 6.67. The first-order valence-electron chi connectivity index (χ1n) is 6.54. The quantitative estimate of drug-likeness (QED) is 0.801. The molecule has 0 N–H and O–H groups in total. The summed E-state index contributed by atoms with van der Waals surface area (Å²) in [6.07, 6.45) is 8.69. The van der Waals surface area contributed by atoms with E-state index in [2.05, 4.69) is 20.8 Å². The van der Waals surface area contributed by atoms with Crippen LogP contribution in [-0.2, 0) is 6.42 Å². The molecule has 1 saturated heterocycles. The molecule has 3 nitrogen and oxygen atoms in total. The van der Waals surface area contributed by atoms with Crippen molar-refractivity contribution in [1.29, 1.82) is 0 Å². The van der Waals surface area contributed by atoms with Gasteiger partial charge in [-0.25, -0.2) is 4.98 Å². The van der Waals surface area contributed by atoms with Gasteiger partial charge in [0.25, 0.3) is 0 Å². The molecule has 0 bridgehead atoms. The van der Waals surface area contributed by atoms with Crippen LogP contribution in [0.3, 0.4) is 0 Å². The van der Waals surface area contributed by atoms with Crippen LogP contribution in [0.5, 0.6) is 0 Å². The first kappa shape index (κ1) is 14.2. The van der Waals surface area contributed by atoms with Gasteiger partial charge in [0.05, 0.1) is 5.69 Å². The van der Waals surface area contributed by atoms with E-state index in [1.54, 1.807) is 11.3 Å². The third kappa shape index (κ3) is 4.76. The number of anilines is 1. The van der Waals surface area contributed by atoms with Crippen LogP contribution >= 0.6 is 22.9 Å². The SMILES string of the molecule is C=CCc1ccsn1.c1csc(N2CCCCC2)n1. The smallest absolute Gasteiger partial charge is 0.185 e. The van der Waals surface area contributed by atoms with Gasteiger partial charge < -0.3 is 4.90 Å². The minimum absolute atomic E-state index is 0.892. The summed E-state index contributed by atoms with van der Waals surface area (Å²) in [5.41, 5.74) is 1.12. The molecule has 5 heteroatoms. The molecule has 3 heterocycles. The predicted molar refractivity (Wildman–Crippen MR) is 84.2 cm³/mol. The Bertz CT molecular complexity index is 445. The summed E-state index contributed by atoms with van der Waals surface area (Å²) in [5, 5.41) is 5.22. The third-order valence-corrected chi connectivity index (χ3v) is 4.32. The average Bonchev–Trinajstić information content (AvgIpc) is 3.14. The van der Waals surface area contributed by atoms with Crippen molar-refractivity contribution in [3.63, 3.8) is 0 Å². The minimum Gasteiger partial charge on any atom is -0.348 e. The molecule has 0 atom stereocenters. The normalized spacial score (nSPS) is 14.6. The van der Waals surface area contributed by atoms with Gasteiger partial charge in [-0.2, -0.15) is 4.37 Å². The zero-order valence-corrected chi connectivity index (χ0v) is 12.6. The van der Waals surface area contributed by atoms with Crippen LogP contribution in [0.25, 0.3) is 0 Å². The lowest BCUT2D eigenvalue weighted by Gasteiger charge is -2.25. The average molecular weight is 293 g/mol. The van der Waals surface area contributed by atoms with Gasteiger partial charge in [-0.3, -0.25) is 0 Å². The fourth-order valence-corrected chi connectivity index (χ4v) is 3.19. The van der Waals surface area contributed by atoms with E-state index < -0.39 is 0 Å². The number of hydrogen-bond donors (Lipinski definition) is 0. The van der Waals surface area contributed by atoms with E-state index in [-0.39, 0.29) is 0 Å². The molecule has 1 aliphatic heterocycles. The summed E-state index contributed by atoms with van der Waals surface area (Å²) >= 11 is 3.23. The monoisotopic (exact) mass is 293 g/mol. The molecule has 0 saturated carbocycles. The van der Waals surface area contributed by atoms with Crippen molar-refractivity contribution in [1.82, 2.24) is 9.36 Å². The van der Waals surface area contributed by atoms with Gasteiger partial charge in [0.1, 0.15) is 0 Å². The number of hydrogen-bond acceptors (Lipinski definition) is 5. The first-order valence-corrected chi connectivity index (χ1v) is 8.26. The maximum absolute atomic E-state index is 4.28. The molecule has 102 valence electrons. The second-order valence-electron chi connectivity index (χ2n) is 4.35. The highest BCUT2D eigenvalue weighted by atomic mass is 32.1. The molecule has 0 aliphatic carbocycles. The van der Waals surface area contributed by atoms with E-state index in [1.807, 2.05) is 29.1 Å². The first-order chi connectivity index (χ1) is 9.40. The van der Waals surface area contributed by atoms with Crippen molar-refractivity contribution >= 4 is 28.0 Å². The number of nitrogens with zero attached hydrogens (tertiary/aromatic N) is 3. The molecule has 0 spiro atoms. The van der Waals surface area contributed by atoms with Gasteiger partial charge in [0.15, 0.2) is 5.13 Å². The highest BCUT2D eigenvalue weighted by Crippen LogP contribution is 2.21. The Morgan fingerprint density at radius 2 is 2.11 bits per heavy atom. The van der Waals surface area contributed by atoms with E-state index >= 15 is 0 Å². The Labute approximate surface area is 122 Å². The van der Waals surface area contributed by atoms with E-state index in [0.29, 0.717) is 0 Å². The standard InChI is InChI=1S/C8H12N2S.C6H7NS/c1-2-5-10(6-3-1)8-9-4-7-11-8;1-2-3-6-4-5-8-7-6/h4,7H,1-3,5-6H2;2,4-5H,1,3H2. The maximum Gasteiger partial charge on any atom is 0.185 e. The lowest BCUT2D eigenvalue weighted by atomic mass is 10.1. The van der Waals surface area contributed by atoms with Crippen LogP contribution in [0.4, 0.5) is 5.13 Å². The Balaban J connectivity index is 0.000000148. The largest absolute Gasteiger partial charge is 0.348 e. The molecule has 19 heavy (non-hydrogen) atoms. The van der Waals surface area contributed by atoms with Gasteiger partial charge in [-0.15, -0.1) is 17.9 Å². The predicted octanol–water partition coefficient (Wildman–Crippen LogP) is 4.01. The Morgan fingerprint density at radius 3 is 2.68 bits per heavy atom. The zero-order valence-electron chi connectivity index (χ0n) is 11.0. The third-order valence-electron chi connectivity index (χ3n) is 2.89. The van der Waals surface area contributed by atoms with Gasteiger partial charge in [0.2, 0.25) is 0 Å². The topological polar surface area (TPSA) is 29.0 Å². The van der Waals surface area contributed by atoms with Crippen LogP contribution in [0.15, 0.2) is 35.7 Å². The molecule has 0 aromatic carbocycles. The fourth-order valence-electron chi connectivity index (χ4n) is 1.95. The highest BCUT2D eigenvalue weighted by Gasteiger charge is 2.11. The second-order valence-corrected chi connectivity index (χ2v) is 5.88. The highest BCUT2D eigenvalue weighted by molar-refractivity contribution is 7.13. The van der Waals surface area contributed by atoms with Crippen LogP contribution in [0, 0.1) is 0 Å². The Morgan fingerprint density at radius 1 is 1.26 bits per heavy atom. The van der Waals surface area contributed by atoms with Crippen LogP contribution in [0.2, 0.25) is 0 Å². The number of aromatic nitrogens is 2. The van der Waals surface area contributed by atoms with Crippen LogP contribution < -0.4 is 4.90 Å². The zero-order chi connectivity index (χ0) is 13.3. The van der Waals surface area contributed by atoms with Crippen molar-refractivity contribution in [3.8, 4) is 0 Å². The summed E-state index contributed by atoms with van der Waals surface area (Å²) in [6, 6.07) is 2.01. The fraction of sp³-hybridized carbons (Fsp3) is 0.429. The number of rotatable bonds is 3. The molecule has 1 fully saturated rings. The van der Waals surface area contributed by atoms with E-state index in [1.165, 1.54) is 49.0 Å². The van der Waals surface area contributed by atoms with Crippen molar-refractivity contribution in [3.05, 3.63) is 41.4 Å². The van der Waals surface area contributed by atoms with E-state index in [4.69, 9.17) is 0 Å². The summed E-state index contributed by atoms with van der Waals surface area (Å²) in [5.74, 6) is 0. The number of piperidine rings is 1. The molecular formula is C14H19N3S2. The molecule has 2 aromatic rings. The van der Waals surface area contributed by atoms with Gasteiger partial charge in [0, 0.05) is 36.5 Å². The van der Waals surface area contributed by atoms with Crippen LogP contribution in [-0.4, -0.2) is 22.4 Å². The Hall–Kier alpha value is -1.20. The van der Waals surface area contributed by atoms with Crippen molar-refractivity contribution < 1.29 is 0 Å². The van der Waals surface area contributed by atoms with Crippen molar-refractivity contribution in [2.45, 2.75) is 25.7 Å². The molecular weight excluding hydrogens is 274 g/mol. The van der Waals surface area contributed by atoms with Gasteiger partial charge in [-0.1, -0.05) is 6.08 Å². The molecule has 3 rings (SSSR count). The lowest BCUT2D eigenvalue weighted by Crippen LogP contribution is -2.29. The summed E-state index contributed by atoms with van der Waals surface area (Å²) < 4.78 is 4.08. The van der Waals surface area contributed by atoms with E-state index in [9.17, 15) is 0 Å². The molecule has 0 amide bonds. The molecule has 1 aliphatic rings. The summed E-state index contributed by atoms with van der Waals surface area (Å²) in [7, 11) is 0. The maximum atomic E-state index is 4.28. The molecule has 0 unspecified atom stereocenters. The van der Waals surface area contributed by atoms with Crippen molar-refractivity contribution in [2.24, 2.45) is 0 Å². The van der Waals surface area contributed by atoms with Gasteiger partial charge >= 0.3 is 0 Å². The summed E-state index contributed by atoms with van der Waals surface area (Å²) in [6.45, 7) is 6.00. The molecule has 2 aromatic heterocycles. The van der Waals surface area contributed by atoms with Crippen LogP contribution in [0.1, 0.15) is 25.0 Å². The van der Waals surface area contributed by atoms with Gasteiger partial charge in [-0.05, 0) is 36.9 Å². The second kappa shape index (κ2) is 8.07. The number of thiazole rings is 1. The number of allylic oxidation sites excluding steroid dienone is 1. The lowest BCUT2D eigenvalue weighted by molar-refractivity contribution is 0.577. The van der Waals surface area contributed by atoms with E-state index in [0.717, 1.165) is 12.1 Å². The molecule has 0 radical (unpaired) electrons.